The minimum Gasteiger partial charge on any atom is -0.355 e. The second-order valence-electron chi connectivity index (χ2n) is 4.06. The number of nitrogens with one attached hydrogen (secondary N) is 1. The molecule has 1 fully saturated rings. The van der Waals surface area contributed by atoms with Gasteiger partial charge in [-0.05, 0) is 25.2 Å². The Balaban J connectivity index is 2.21. The van der Waals surface area contributed by atoms with Gasteiger partial charge in [-0.2, -0.15) is 12.6 Å². The molecule has 1 N–H and O–H groups in total. The molecule has 0 bridgehead atoms. The van der Waals surface area contributed by atoms with Crippen molar-refractivity contribution >= 4 is 18.5 Å². The Labute approximate surface area is 79.5 Å². The van der Waals surface area contributed by atoms with E-state index < -0.39 is 0 Å². The van der Waals surface area contributed by atoms with Gasteiger partial charge < -0.3 is 5.32 Å². The summed E-state index contributed by atoms with van der Waals surface area (Å²) in [6.45, 7) is 4.83. The van der Waals surface area contributed by atoms with Crippen molar-refractivity contribution in [2.45, 2.75) is 38.4 Å². The molecule has 70 valence electrons. The van der Waals surface area contributed by atoms with Gasteiger partial charge in [-0.1, -0.05) is 13.3 Å². The third kappa shape index (κ3) is 2.41. The molecule has 1 saturated carbocycles. The molecule has 1 unspecified atom stereocenters. The molecule has 0 radical (unpaired) electrons. The lowest BCUT2D eigenvalue weighted by atomic mass is 9.70. The molecular formula is C9H17NOS. The molecule has 0 heterocycles. The van der Waals surface area contributed by atoms with Gasteiger partial charge in [0.15, 0.2) is 0 Å². The van der Waals surface area contributed by atoms with E-state index in [1.165, 1.54) is 19.3 Å². The molecular weight excluding hydrogens is 170 g/mol. The fraction of sp³-hybridized carbons (Fsp3) is 0.889. The first-order chi connectivity index (χ1) is 5.53. The van der Waals surface area contributed by atoms with Crippen LogP contribution in [0.15, 0.2) is 0 Å². The van der Waals surface area contributed by atoms with Crippen molar-refractivity contribution in [3.8, 4) is 0 Å². The van der Waals surface area contributed by atoms with Gasteiger partial charge in [0.05, 0.1) is 5.25 Å². The molecule has 1 aliphatic rings. The Morgan fingerprint density at radius 1 is 1.67 bits per heavy atom. The summed E-state index contributed by atoms with van der Waals surface area (Å²) < 4.78 is 0. The summed E-state index contributed by atoms with van der Waals surface area (Å²) in [6, 6.07) is 0. The van der Waals surface area contributed by atoms with Gasteiger partial charge in [0.1, 0.15) is 0 Å². The Morgan fingerprint density at radius 2 is 2.25 bits per heavy atom. The van der Waals surface area contributed by atoms with E-state index in [1.807, 2.05) is 0 Å². The van der Waals surface area contributed by atoms with Crippen LogP contribution >= 0.6 is 12.6 Å². The van der Waals surface area contributed by atoms with Crippen LogP contribution in [0, 0.1) is 5.41 Å². The standard InChI is InChI=1S/C9H17NOS/c1-7(12)8(11)10-6-9(2)4-3-5-9/h7,12H,3-6H2,1-2H3,(H,10,11). The maximum atomic E-state index is 11.1. The molecule has 1 aliphatic carbocycles. The van der Waals surface area contributed by atoms with E-state index in [0.29, 0.717) is 5.41 Å². The molecule has 12 heavy (non-hydrogen) atoms. The fourth-order valence-corrected chi connectivity index (χ4v) is 1.50. The van der Waals surface area contributed by atoms with Crippen molar-refractivity contribution in [3.05, 3.63) is 0 Å². The lowest BCUT2D eigenvalue weighted by molar-refractivity contribution is -0.121. The predicted molar refractivity (Wildman–Crippen MR) is 53.4 cm³/mol. The Morgan fingerprint density at radius 3 is 2.58 bits per heavy atom. The number of hydrogen-bond acceptors (Lipinski definition) is 2. The van der Waals surface area contributed by atoms with E-state index in [4.69, 9.17) is 0 Å². The Hall–Kier alpha value is -0.180. The van der Waals surface area contributed by atoms with E-state index in [2.05, 4.69) is 24.9 Å². The predicted octanol–water partition coefficient (Wildman–Crippen LogP) is 1.61. The van der Waals surface area contributed by atoms with Crippen LogP contribution in [0.2, 0.25) is 0 Å². The second kappa shape index (κ2) is 3.69. The minimum absolute atomic E-state index is 0.0476. The summed E-state index contributed by atoms with van der Waals surface area (Å²) in [5.41, 5.74) is 0.373. The zero-order valence-electron chi connectivity index (χ0n) is 7.76. The molecule has 3 heteroatoms. The smallest absolute Gasteiger partial charge is 0.232 e. The van der Waals surface area contributed by atoms with Crippen molar-refractivity contribution < 1.29 is 4.79 Å². The van der Waals surface area contributed by atoms with Crippen molar-refractivity contribution in [3.63, 3.8) is 0 Å². The lowest BCUT2D eigenvalue weighted by Crippen LogP contribution is -2.42. The SMILES string of the molecule is CC(S)C(=O)NCC1(C)CCC1. The van der Waals surface area contributed by atoms with Gasteiger partial charge in [-0.3, -0.25) is 4.79 Å². The topological polar surface area (TPSA) is 29.1 Å². The van der Waals surface area contributed by atoms with E-state index in [9.17, 15) is 4.79 Å². The maximum Gasteiger partial charge on any atom is 0.232 e. The van der Waals surface area contributed by atoms with Crippen molar-refractivity contribution in [1.29, 1.82) is 0 Å². The number of thiol groups is 1. The van der Waals surface area contributed by atoms with Crippen molar-refractivity contribution in [2.24, 2.45) is 5.41 Å². The van der Waals surface area contributed by atoms with E-state index in [-0.39, 0.29) is 11.2 Å². The first-order valence-electron chi connectivity index (χ1n) is 4.49. The number of hydrogen-bond donors (Lipinski definition) is 2. The highest BCUT2D eigenvalue weighted by molar-refractivity contribution is 7.81. The molecule has 1 amide bonds. The zero-order valence-corrected chi connectivity index (χ0v) is 8.66. The van der Waals surface area contributed by atoms with E-state index >= 15 is 0 Å². The molecule has 1 atom stereocenters. The Kier molecular flexibility index (Phi) is 3.04. The molecule has 0 aromatic heterocycles. The zero-order chi connectivity index (χ0) is 9.19. The third-order valence-corrected chi connectivity index (χ3v) is 2.86. The molecule has 1 rings (SSSR count). The summed E-state index contributed by atoms with van der Waals surface area (Å²) in [5, 5.41) is 2.72. The summed E-state index contributed by atoms with van der Waals surface area (Å²) in [5.74, 6) is 0.0476. The molecule has 0 aromatic carbocycles. The third-order valence-electron chi connectivity index (χ3n) is 2.63. The fourth-order valence-electron chi connectivity index (χ4n) is 1.41. The average Bonchev–Trinajstić information content (AvgIpc) is 1.96. The number of amides is 1. The normalized spacial score (nSPS) is 22.6. The second-order valence-corrected chi connectivity index (χ2v) is 4.83. The van der Waals surface area contributed by atoms with E-state index in [1.54, 1.807) is 6.92 Å². The van der Waals surface area contributed by atoms with Gasteiger partial charge >= 0.3 is 0 Å². The van der Waals surface area contributed by atoms with Crippen LogP contribution in [-0.4, -0.2) is 17.7 Å². The van der Waals surface area contributed by atoms with Crippen LogP contribution in [0.25, 0.3) is 0 Å². The highest BCUT2D eigenvalue weighted by Gasteiger charge is 2.31. The molecule has 0 aliphatic heterocycles. The highest BCUT2D eigenvalue weighted by atomic mass is 32.1. The van der Waals surface area contributed by atoms with Crippen LogP contribution in [0.4, 0.5) is 0 Å². The van der Waals surface area contributed by atoms with Crippen LogP contribution < -0.4 is 5.32 Å². The van der Waals surface area contributed by atoms with Crippen LogP contribution in [0.3, 0.4) is 0 Å². The summed E-state index contributed by atoms with van der Waals surface area (Å²) >= 11 is 4.06. The average molecular weight is 187 g/mol. The van der Waals surface area contributed by atoms with Gasteiger partial charge in [-0.15, -0.1) is 0 Å². The van der Waals surface area contributed by atoms with Crippen LogP contribution in [0.5, 0.6) is 0 Å². The van der Waals surface area contributed by atoms with Gasteiger partial charge in [-0.25, -0.2) is 0 Å². The van der Waals surface area contributed by atoms with Gasteiger partial charge in [0.25, 0.3) is 0 Å². The monoisotopic (exact) mass is 187 g/mol. The first kappa shape index (κ1) is 9.90. The number of rotatable bonds is 3. The van der Waals surface area contributed by atoms with Gasteiger partial charge in [0, 0.05) is 6.54 Å². The number of carbonyl (C=O) groups excluding carboxylic acids is 1. The summed E-state index contributed by atoms with van der Waals surface area (Å²) in [6.07, 6.45) is 3.80. The van der Waals surface area contributed by atoms with E-state index in [0.717, 1.165) is 6.54 Å². The Bertz CT molecular complexity index is 175. The lowest BCUT2D eigenvalue weighted by Gasteiger charge is -2.38. The van der Waals surface area contributed by atoms with Crippen molar-refractivity contribution in [2.75, 3.05) is 6.54 Å². The van der Waals surface area contributed by atoms with Crippen molar-refractivity contribution in [1.82, 2.24) is 5.32 Å². The van der Waals surface area contributed by atoms with Crippen LogP contribution in [0.1, 0.15) is 33.1 Å². The molecule has 0 aromatic rings. The largest absolute Gasteiger partial charge is 0.355 e. The van der Waals surface area contributed by atoms with Gasteiger partial charge in [0.2, 0.25) is 5.91 Å². The van der Waals surface area contributed by atoms with Crippen LogP contribution in [-0.2, 0) is 4.79 Å². The summed E-state index contributed by atoms with van der Waals surface area (Å²) in [7, 11) is 0. The molecule has 0 spiro atoms. The summed E-state index contributed by atoms with van der Waals surface area (Å²) in [4.78, 5) is 11.1. The number of carbonyl (C=O) groups is 1. The molecule has 0 saturated heterocycles. The quantitative estimate of drug-likeness (QED) is 0.646. The highest BCUT2D eigenvalue weighted by Crippen LogP contribution is 2.39. The molecule has 2 nitrogen and oxygen atoms in total. The minimum atomic E-state index is -0.186. The maximum absolute atomic E-state index is 11.1. The first-order valence-corrected chi connectivity index (χ1v) is 5.01.